The van der Waals surface area contributed by atoms with Crippen LogP contribution in [0.4, 0.5) is 4.79 Å². The number of nitrogens with zero attached hydrogens (tertiary/aromatic N) is 1. The third kappa shape index (κ3) is 9.74. The number of likely N-dealkylation sites (tertiary alicyclic amines) is 1. The second-order valence-electron chi connectivity index (χ2n) is 15.3. The van der Waals surface area contributed by atoms with Gasteiger partial charge in [0.05, 0.1) is 12.6 Å². The van der Waals surface area contributed by atoms with E-state index in [1.165, 1.54) is 4.90 Å². The standard InChI is InChI=1S/C36H52N4O7/c1-10-11-17-25(28(42)31(44)37-20-23(41)19-18-22-15-13-12-14-16-22)38-30(43)27-26-24(36(26,8)9)21-40(27)32(45)29(34(2,3)4)39-33(46)47-35(5,6)7/h10,12-16,24-27,29H,1,11,17-21H2,2-9H3,(H,37,44)(H,38,43)(H,39,46)/t24-,25?,26-,27-,29+/m0/s1. The highest BCUT2D eigenvalue weighted by Gasteiger charge is 2.70. The minimum atomic E-state index is -1.18. The lowest BCUT2D eigenvalue weighted by atomic mass is 9.85. The molecular formula is C36H52N4O7. The Morgan fingerprint density at radius 2 is 1.66 bits per heavy atom. The monoisotopic (exact) mass is 652 g/mol. The van der Waals surface area contributed by atoms with E-state index in [-0.39, 0.29) is 42.4 Å². The number of nitrogens with one attached hydrogen (secondary N) is 3. The maximum absolute atomic E-state index is 14.1. The van der Waals surface area contributed by atoms with Crippen LogP contribution < -0.4 is 16.0 Å². The molecule has 0 spiro atoms. The molecule has 11 nitrogen and oxygen atoms in total. The molecule has 5 atom stereocenters. The van der Waals surface area contributed by atoms with E-state index in [2.05, 4.69) is 22.5 Å². The van der Waals surface area contributed by atoms with Crippen molar-refractivity contribution in [3.8, 4) is 0 Å². The van der Waals surface area contributed by atoms with E-state index in [0.717, 1.165) is 5.56 Å². The number of carbonyl (C=O) groups is 6. The van der Waals surface area contributed by atoms with Gasteiger partial charge < -0.3 is 25.6 Å². The summed E-state index contributed by atoms with van der Waals surface area (Å²) in [7, 11) is 0. The predicted octanol–water partition coefficient (Wildman–Crippen LogP) is 3.75. The van der Waals surface area contributed by atoms with Crippen LogP contribution in [0.5, 0.6) is 0 Å². The average Bonchev–Trinajstić information content (AvgIpc) is 3.29. The zero-order valence-electron chi connectivity index (χ0n) is 29.1. The number of Topliss-reactive ketones (excluding diaryl/α,β-unsaturated/α-hetero) is 2. The number of hydrogen-bond donors (Lipinski definition) is 3. The van der Waals surface area contributed by atoms with Gasteiger partial charge in [-0.1, -0.05) is 71.0 Å². The predicted molar refractivity (Wildman–Crippen MR) is 178 cm³/mol. The highest BCUT2D eigenvalue weighted by molar-refractivity contribution is 6.38. The number of fused-ring (bicyclic) bond motifs is 1. The summed E-state index contributed by atoms with van der Waals surface area (Å²) in [5.74, 6) is -3.15. The fourth-order valence-electron chi connectivity index (χ4n) is 6.30. The van der Waals surface area contributed by atoms with E-state index in [9.17, 15) is 28.8 Å². The average molecular weight is 653 g/mol. The summed E-state index contributed by atoms with van der Waals surface area (Å²) in [4.78, 5) is 80.8. The first kappa shape index (κ1) is 37.4. The van der Waals surface area contributed by atoms with Crippen molar-refractivity contribution in [3.05, 3.63) is 48.6 Å². The molecule has 1 unspecified atom stereocenters. The summed E-state index contributed by atoms with van der Waals surface area (Å²) in [6, 6.07) is 6.39. The molecule has 0 aromatic heterocycles. The zero-order chi connectivity index (χ0) is 35.3. The number of alkyl carbamates (subject to hydrolysis) is 1. The Kier molecular flexibility index (Phi) is 11.8. The van der Waals surface area contributed by atoms with Crippen LogP contribution in [0, 0.1) is 22.7 Å². The first-order valence-electron chi connectivity index (χ1n) is 16.4. The maximum Gasteiger partial charge on any atom is 0.408 e. The van der Waals surface area contributed by atoms with E-state index in [4.69, 9.17) is 4.74 Å². The van der Waals surface area contributed by atoms with Gasteiger partial charge in [-0.15, -0.1) is 6.58 Å². The Labute approximate surface area is 278 Å². The summed E-state index contributed by atoms with van der Waals surface area (Å²) >= 11 is 0. The smallest absolute Gasteiger partial charge is 0.408 e. The van der Waals surface area contributed by atoms with Crippen molar-refractivity contribution in [1.29, 1.82) is 0 Å². The second kappa shape index (κ2) is 14.8. The summed E-state index contributed by atoms with van der Waals surface area (Å²) in [6.07, 6.45) is 2.02. The minimum Gasteiger partial charge on any atom is -0.444 e. The molecule has 0 radical (unpaired) electrons. The molecule has 2 fully saturated rings. The Balaban J connectivity index is 1.73. The van der Waals surface area contributed by atoms with Gasteiger partial charge in [0, 0.05) is 13.0 Å². The number of allylic oxidation sites excluding steroid dienone is 1. The normalized spacial score (nSPS) is 21.0. The SMILES string of the molecule is C=CCCC(NC(=O)[C@@H]1[C@@H]2[C@H](CN1C(=O)[C@@H](NC(=O)OC(C)(C)C)C(C)(C)C)C2(C)C)C(=O)C(=O)NCC(=O)CCc1ccccc1. The van der Waals surface area contributed by atoms with Crippen LogP contribution in [0.1, 0.15) is 80.2 Å². The first-order valence-corrected chi connectivity index (χ1v) is 16.4. The first-order chi connectivity index (χ1) is 21.8. The number of benzene rings is 1. The molecule has 1 aliphatic carbocycles. The van der Waals surface area contributed by atoms with Crippen LogP contribution in [0.25, 0.3) is 0 Å². The van der Waals surface area contributed by atoms with Gasteiger partial charge in [-0.25, -0.2) is 4.79 Å². The van der Waals surface area contributed by atoms with Gasteiger partial charge in [0.15, 0.2) is 5.78 Å². The fraction of sp³-hybridized carbons (Fsp3) is 0.611. The molecule has 1 saturated heterocycles. The molecule has 1 heterocycles. The third-order valence-electron chi connectivity index (χ3n) is 9.03. The number of carbonyl (C=O) groups excluding carboxylic acids is 6. The molecular weight excluding hydrogens is 600 g/mol. The minimum absolute atomic E-state index is 0.0527. The molecule has 1 aromatic carbocycles. The zero-order valence-corrected chi connectivity index (χ0v) is 29.1. The number of hydrogen-bond acceptors (Lipinski definition) is 7. The molecule has 1 aromatic rings. The van der Waals surface area contributed by atoms with E-state index < -0.39 is 58.7 Å². The molecule has 47 heavy (non-hydrogen) atoms. The van der Waals surface area contributed by atoms with Gasteiger partial charge in [0.2, 0.25) is 17.6 Å². The Hall–Kier alpha value is -4.02. The van der Waals surface area contributed by atoms with E-state index in [0.29, 0.717) is 19.4 Å². The lowest BCUT2D eigenvalue weighted by molar-refractivity contribution is -0.145. The van der Waals surface area contributed by atoms with E-state index in [1.54, 1.807) is 26.8 Å². The molecule has 2 aliphatic rings. The molecule has 1 aliphatic heterocycles. The molecule has 1 saturated carbocycles. The third-order valence-corrected chi connectivity index (χ3v) is 9.03. The highest BCUT2D eigenvalue weighted by atomic mass is 16.6. The highest BCUT2D eigenvalue weighted by Crippen LogP contribution is 2.65. The molecule has 0 bridgehead atoms. The molecule has 3 rings (SSSR count). The van der Waals surface area contributed by atoms with Crippen LogP contribution in [0.15, 0.2) is 43.0 Å². The largest absolute Gasteiger partial charge is 0.444 e. The van der Waals surface area contributed by atoms with Crippen molar-refractivity contribution in [2.75, 3.05) is 13.1 Å². The summed E-state index contributed by atoms with van der Waals surface area (Å²) in [6.45, 7) is 18.4. The molecule has 3 N–H and O–H groups in total. The van der Waals surface area contributed by atoms with Crippen LogP contribution in [0.3, 0.4) is 0 Å². The van der Waals surface area contributed by atoms with Crippen LogP contribution in [-0.4, -0.2) is 77.1 Å². The molecule has 11 heteroatoms. The lowest BCUT2D eigenvalue weighted by Crippen LogP contribution is -2.60. The molecule has 4 amide bonds. The Bertz CT molecular complexity index is 1360. The number of rotatable bonds is 14. The summed E-state index contributed by atoms with van der Waals surface area (Å²) in [5, 5.41) is 7.87. The summed E-state index contributed by atoms with van der Waals surface area (Å²) in [5.41, 5.74) is -0.708. The van der Waals surface area contributed by atoms with Gasteiger partial charge in [0.25, 0.3) is 5.91 Å². The van der Waals surface area contributed by atoms with Crippen molar-refractivity contribution in [2.24, 2.45) is 22.7 Å². The van der Waals surface area contributed by atoms with Crippen molar-refractivity contribution >= 4 is 35.4 Å². The van der Waals surface area contributed by atoms with Gasteiger partial charge >= 0.3 is 6.09 Å². The quantitative estimate of drug-likeness (QED) is 0.205. The number of ketones is 2. The van der Waals surface area contributed by atoms with Crippen LogP contribution in [0.2, 0.25) is 0 Å². The Morgan fingerprint density at radius 3 is 2.23 bits per heavy atom. The number of amides is 4. The van der Waals surface area contributed by atoms with Gasteiger partial charge in [0.1, 0.15) is 17.7 Å². The summed E-state index contributed by atoms with van der Waals surface area (Å²) < 4.78 is 5.42. The fourth-order valence-corrected chi connectivity index (χ4v) is 6.30. The Morgan fingerprint density at radius 1 is 1.02 bits per heavy atom. The van der Waals surface area contributed by atoms with Crippen molar-refractivity contribution < 1.29 is 33.5 Å². The van der Waals surface area contributed by atoms with Gasteiger partial charge in [-0.2, -0.15) is 0 Å². The topological polar surface area (TPSA) is 151 Å². The van der Waals surface area contributed by atoms with Gasteiger partial charge in [-0.05, 0) is 68.3 Å². The van der Waals surface area contributed by atoms with E-state index >= 15 is 0 Å². The van der Waals surface area contributed by atoms with Crippen LogP contribution >= 0.6 is 0 Å². The number of aryl methyl sites for hydroxylation is 1. The van der Waals surface area contributed by atoms with Crippen molar-refractivity contribution in [3.63, 3.8) is 0 Å². The number of piperidine rings is 1. The van der Waals surface area contributed by atoms with Crippen molar-refractivity contribution in [2.45, 2.75) is 105 Å². The molecule has 258 valence electrons. The lowest BCUT2D eigenvalue weighted by Gasteiger charge is -2.38. The van der Waals surface area contributed by atoms with E-state index in [1.807, 2.05) is 65.0 Å². The van der Waals surface area contributed by atoms with Crippen LogP contribution in [-0.2, 0) is 35.1 Å². The number of ether oxygens (including phenoxy) is 1. The maximum atomic E-state index is 14.1. The van der Waals surface area contributed by atoms with Crippen molar-refractivity contribution in [1.82, 2.24) is 20.9 Å². The second-order valence-corrected chi connectivity index (χ2v) is 15.3. The van der Waals surface area contributed by atoms with Gasteiger partial charge in [-0.3, -0.25) is 24.0 Å².